The van der Waals surface area contributed by atoms with Crippen LogP contribution in [0, 0.1) is 0 Å². The third-order valence-electron chi connectivity index (χ3n) is 3.15. The van der Waals surface area contributed by atoms with E-state index in [0.717, 1.165) is 12.3 Å². The fraction of sp³-hybridized carbons (Fsp3) is 0.286. The maximum atomic E-state index is 12.7. The second kappa shape index (κ2) is 4.91. The highest BCUT2D eigenvalue weighted by Crippen LogP contribution is 2.31. The number of alkyl halides is 3. The lowest BCUT2D eigenvalue weighted by molar-refractivity contribution is -0.137. The van der Waals surface area contributed by atoms with E-state index in [1.165, 1.54) is 10.6 Å². The Hall–Kier alpha value is -2.31. The molecule has 2 aromatic rings. The molecule has 0 aliphatic rings. The Bertz CT molecular complexity index is 775. The highest BCUT2D eigenvalue weighted by molar-refractivity contribution is 5.92. The Labute approximate surface area is 117 Å². The van der Waals surface area contributed by atoms with Crippen molar-refractivity contribution in [2.45, 2.75) is 26.1 Å². The topological polar surface area (TPSA) is 59.3 Å². The van der Waals surface area contributed by atoms with Crippen molar-refractivity contribution in [3.63, 3.8) is 0 Å². The summed E-state index contributed by atoms with van der Waals surface area (Å²) in [5.74, 6) is -1.46. The van der Waals surface area contributed by atoms with Crippen molar-refractivity contribution in [3.8, 4) is 0 Å². The van der Waals surface area contributed by atoms with Crippen LogP contribution in [0.15, 0.2) is 29.2 Å². The van der Waals surface area contributed by atoms with Crippen LogP contribution in [0.3, 0.4) is 0 Å². The second-order valence-electron chi connectivity index (χ2n) is 4.91. The van der Waals surface area contributed by atoms with Crippen LogP contribution in [0.4, 0.5) is 13.2 Å². The van der Waals surface area contributed by atoms with Crippen molar-refractivity contribution in [1.82, 2.24) is 4.57 Å². The number of pyridine rings is 1. The molecule has 0 saturated carbocycles. The molecule has 1 aromatic carbocycles. The summed E-state index contributed by atoms with van der Waals surface area (Å²) in [5.41, 5.74) is -2.17. The van der Waals surface area contributed by atoms with E-state index in [9.17, 15) is 22.8 Å². The Balaban J connectivity index is 2.92. The smallest absolute Gasteiger partial charge is 0.416 e. The number of benzene rings is 1. The third kappa shape index (κ3) is 2.63. The molecule has 0 bridgehead atoms. The van der Waals surface area contributed by atoms with Crippen LogP contribution >= 0.6 is 0 Å². The summed E-state index contributed by atoms with van der Waals surface area (Å²) in [6.45, 7) is 3.49. The molecule has 0 spiro atoms. The molecule has 0 radical (unpaired) electrons. The molecule has 0 amide bonds. The van der Waals surface area contributed by atoms with Crippen molar-refractivity contribution < 1.29 is 23.1 Å². The number of aromatic carboxylic acids is 1. The standard InChI is InChI=1S/C14H12F3NO3/c1-7(2)18-6-10(13(20)21)12(19)9-5-8(14(15,16)17)3-4-11(9)18/h3-7H,1-2H3,(H,20,21). The third-order valence-corrected chi connectivity index (χ3v) is 3.15. The molecular formula is C14H12F3NO3. The molecule has 1 aromatic heterocycles. The van der Waals surface area contributed by atoms with Crippen LogP contribution in [0.2, 0.25) is 0 Å². The minimum atomic E-state index is -4.59. The van der Waals surface area contributed by atoms with Gasteiger partial charge in [-0.15, -0.1) is 0 Å². The van der Waals surface area contributed by atoms with Crippen LogP contribution in [-0.4, -0.2) is 15.6 Å². The lowest BCUT2D eigenvalue weighted by Gasteiger charge is -2.17. The zero-order chi connectivity index (χ0) is 15.9. The molecule has 2 rings (SSSR count). The summed E-state index contributed by atoms with van der Waals surface area (Å²) in [7, 11) is 0. The van der Waals surface area contributed by atoms with Gasteiger partial charge in [0.15, 0.2) is 0 Å². The van der Waals surface area contributed by atoms with Gasteiger partial charge < -0.3 is 9.67 Å². The molecule has 21 heavy (non-hydrogen) atoms. The monoisotopic (exact) mass is 299 g/mol. The van der Waals surface area contributed by atoms with E-state index in [2.05, 4.69) is 0 Å². The van der Waals surface area contributed by atoms with Gasteiger partial charge in [-0.1, -0.05) is 0 Å². The summed E-state index contributed by atoms with van der Waals surface area (Å²) in [5, 5.41) is 8.77. The van der Waals surface area contributed by atoms with E-state index in [1.807, 2.05) is 0 Å². The van der Waals surface area contributed by atoms with Crippen LogP contribution in [0.25, 0.3) is 10.9 Å². The van der Waals surface area contributed by atoms with Gasteiger partial charge in [-0.3, -0.25) is 4.79 Å². The largest absolute Gasteiger partial charge is 0.477 e. The zero-order valence-corrected chi connectivity index (χ0v) is 11.2. The van der Waals surface area contributed by atoms with Gasteiger partial charge in [0.25, 0.3) is 0 Å². The molecule has 1 N–H and O–H groups in total. The van der Waals surface area contributed by atoms with Crippen LogP contribution in [0.5, 0.6) is 0 Å². The molecule has 0 aliphatic carbocycles. The summed E-state index contributed by atoms with van der Waals surface area (Å²) in [6.07, 6.45) is -3.44. The molecule has 0 fully saturated rings. The quantitative estimate of drug-likeness (QED) is 0.925. The Morgan fingerprint density at radius 2 is 1.90 bits per heavy atom. The Morgan fingerprint density at radius 3 is 2.38 bits per heavy atom. The molecule has 0 unspecified atom stereocenters. The van der Waals surface area contributed by atoms with Crippen LogP contribution < -0.4 is 5.43 Å². The van der Waals surface area contributed by atoms with Crippen molar-refractivity contribution in [2.75, 3.05) is 0 Å². The van der Waals surface area contributed by atoms with E-state index in [1.54, 1.807) is 13.8 Å². The maximum absolute atomic E-state index is 12.7. The number of carboxylic acids is 1. The van der Waals surface area contributed by atoms with Gasteiger partial charge >= 0.3 is 12.1 Å². The molecular weight excluding hydrogens is 287 g/mol. The van der Waals surface area contributed by atoms with Gasteiger partial charge in [-0.05, 0) is 32.0 Å². The van der Waals surface area contributed by atoms with Crippen molar-refractivity contribution in [2.24, 2.45) is 0 Å². The van der Waals surface area contributed by atoms with Crippen LogP contribution in [-0.2, 0) is 6.18 Å². The Morgan fingerprint density at radius 1 is 1.29 bits per heavy atom. The average Bonchev–Trinajstić information content (AvgIpc) is 2.36. The molecule has 0 atom stereocenters. The number of rotatable bonds is 2. The first kappa shape index (κ1) is 15.1. The highest BCUT2D eigenvalue weighted by Gasteiger charge is 2.31. The van der Waals surface area contributed by atoms with Crippen molar-refractivity contribution >= 4 is 16.9 Å². The number of aromatic nitrogens is 1. The lowest BCUT2D eigenvalue weighted by atomic mass is 10.1. The molecule has 112 valence electrons. The zero-order valence-electron chi connectivity index (χ0n) is 11.2. The number of carbonyl (C=O) groups is 1. The summed E-state index contributed by atoms with van der Waals surface area (Å²) < 4.78 is 39.7. The first-order chi connectivity index (χ1) is 9.62. The minimum Gasteiger partial charge on any atom is -0.477 e. The fourth-order valence-electron chi connectivity index (χ4n) is 2.11. The molecule has 4 nitrogen and oxygen atoms in total. The van der Waals surface area contributed by atoms with E-state index in [-0.39, 0.29) is 16.9 Å². The number of carboxylic acid groups (broad SMARTS) is 1. The first-order valence-corrected chi connectivity index (χ1v) is 6.12. The Kier molecular flexibility index (Phi) is 3.52. The van der Waals surface area contributed by atoms with E-state index in [4.69, 9.17) is 5.11 Å². The summed E-state index contributed by atoms with van der Waals surface area (Å²) in [4.78, 5) is 23.1. The van der Waals surface area contributed by atoms with Gasteiger partial charge in [-0.25, -0.2) is 4.79 Å². The van der Waals surface area contributed by atoms with E-state index in [0.29, 0.717) is 6.07 Å². The molecule has 7 heteroatoms. The van der Waals surface area contributed by atoms with Gasteiger partial charge in [0.05, 0.1) is 11.1 Å². The van der Waals surface area contributed by atoms with Gasteiger partial charge in [0, 0.05) is 17.6 Å². The van der Waals surface area contributed by atoms with E-state index < -0.39 is 28.7 Å². The summed E-state index contributed by atoms with van der Waals surface area (Å²) >= 11 is 0. The molecule has 0 saturated heterocycles. The number of nitrogens with zero attached hydrogens (tertiary/aromatic N) is 1. The van der Waals surface area contributed by atoms with E-state index >= 15 is 0 Å². The lowest BCUT2D eigenvalue weighted by Crippen LogP contribution is -2.20. The minimum absolute atomic E-state index is 0.206. The normalized spacial score (nSPS) is 12.1. The predicted molar refractivity (Wildman–Crippen MR) is 70.6 cm³/mol. The maximum Gasteiger partial charge on any atom is 0.416 e. The average molecular weight is 299 g/mol. The molecule has 0 aliphatic heterocycles. The number of halogens is 3. The SMILES string of the molecule is CC(C)n1cc(C(=O)O)c(=O)c2cc(C(F)(F)F)ccc21. The number of hydrogen-bond acceptors (Lipinski definition) is 2. The van der Waals surface area contributed by atoms with Crippen molar-refractivity contribution in [1.29, 1.82) is 0 Å². The van der Waals surface area contributed by atoms with Gasteiger partial charge in [0.2, 0.25) is 5.43 Å². The summed E-state index contributed by atoms with van der Waals surface area (Å²) in [6, 6.07) is 2.55. The predicted octanol–water partition coefficient (Wildman–Crippen LogP) is 3.30. The van der Waals surface area contributed by atoms with Crippen LogP contribution in [0.1, 0.15) is 35.8 Å². The fourth-order valence-corrected chi connectivity index (χ4v) is 2.11. The highest BCUT2D eigenvalue weighted by atomic mass is 19.4. The molecule has 1 heterocycles. The number of hydrogen-bond donors (Lipinski definition) is 1. The van der Waals surface area contributed by atoms with Crippen molar-refractivity contribution in [3.05, 3.63) is 45.7 Å². The first-order valence-electron chi connectivity index (χ1n) is 6.12. The second-order valence-corrected chi connectivity index (χ2v) is 4.91. The van der Waals surface area contributed by atoms with Gasteiger partial charge in [0.1, 0.15) is 5.56 Å². The number of fused-ring (bicyclic) bond motifs is 1. The van der Waals surface area contributed by atoms with Gasteiger partial charge in [-0.2, -0.15) is 13.2 Å².